The van der Waals surface area contributed by atoms with Gasteiger partial charge in [0.25, 0.3) is 0 Å². The number of piperidine rings is 1. The summed E-state index contributed by atoms with van der Waals surface area (Å²) in [4.78, 5) is 27.0. The van der Waals surface area contributed by atoms with Gasteiger partial charge < -0.3 is 9.32 Å². The number of nitrogens with one attached hydrogen (secondary N) is 1. The summed E-state index contributed by atoms with van der Waals surface area (Å²) >= 11 is 0. The smallest absolute Gasteiger partial charge is 0.418 e. The molecule has 2 aliphatic rings. The zero-order chi connectivity index (χ0) is 25.2. The number of aromatic nitrogens is 7. The monoisotopic (exact) mass is 499 g/mol. The second-order valence-corrected chi connectivity index (χ2v) is 9.31. The molecule has 2 fully saturated rings. The van der Waals surface area contributed by atoms with Crippen LogP contribution in [0.4, 0.5) is 23.8 Å². The van der Waals surface area contributed by atoms with Crippen molar-refractivity contribution in [3.63, 3.8) is 0 Å². The van der Waals surface area contributed by atoms with E-state index in [9.17, 15) is 18.0 Å². The zero-order valence-electron chi connectivity index (χ0n) is 19.2. The molecule has 3 atom stereocenters. The number of anilines is 1. The normalized spacial score (nSPS) is 23.5. The molecule has 14 heteroatoms. The fourth-order valence-electron chi connectivity index (χ4n) is 5.43. The number of amides is 2. The van der Waals surface area contributed by atoms with Gasteiger partial charge in [-0.05, 0) is 24.8 Å². The standard InChI is InChI=1S/C22H20F3N9O2/c1-11-3-13-6-21(5-11,19-32-31-12(2)36-19)34(13)20(35)30-17-4-14(15(7-27-17)22(23,24)25)16-9-33-18(8-26-16)28-10-29-33/h4,7-11,13H,3,5-6H2,1-2H3,(H,27,30,35)/t11-,13-,21+/m1/s1. The van der Waals surface area contributed by atoms with Crippen molar-refractivity contribution in [3.05, 3.63) is 48.3 Å². The Morgan fingerprint density at radius 3 is 2.78 bits per heavy atom. The first-order valence-electron chi connectivity index (χ1n) is 11.3. The van der Waals surface area contributed by atoms with Gasteiger partial charge in [0, 0.05) is 31.1 Å². The lowest BCUT2D eigenvalue weighted by atomic mass is 9.64. The number of rotatable bonds is 3. The third-order valence-corrected chi connectivity index (χ3v) is 6.79. The van der Waals surface area contributed by atoms with Crippen LogP contribution in [0.25, 0.3) is 16.9 Å². The van der Waals surface area contributed by atoms with E-state index in [4.69, 9.17) is 4.42 Å². The van der Waals surface area contributed by atoms with Crippen molar-refractivity contribution in [1.82, 2.24) is 39.7 Å². The first kappa shape index (κ1) is 22.4. The number of hydrogen-bond donors (Lipinski definition) is 1. The minimum atomic E-state index is -4.69. The second-order valence-electron chi connectivity index (χ2n) is 9.31. The molecule has 1 saturated heterocycles. The van der Waals surface area contributed by atoms with Crippen LogP contribution in [-0.2, 0) is 11.7 Å². The van der Waals surface area contributed by atoms with E-state index in [-0.39, 0.29) is 23.1 Å². The summed E-state index contributed by atoms with van der Waals surface area (Å²) in [6.07, 6.45) is 2.06. The van der Waals surface area contributed by atoms with Gasteiger partial charge in [0.15, 0.2) is 5.65 Å². The molecule has 6 rings (SSSR count). The van der Waals surface area contributed by atoms with E-state index < -0.39 is 23.3 Å². The minimum absolute atomic E-state index is 0.00525. The molecule has 2 amide bonds. The van der Waals surface area contributed by atoms with Crippen molar-refractivity contribution in [2.24, 2.45) is 5.92 Å². The Morgan fingerprint density at radius 1 is 1.19 bits per heavy atom. The highest BCUT2D eigenvalue weighted by atomic mass is 19.4. The van der Waals surface area contributed by atoms with Crippen LogP contribution in [0.1, 0.15) is 43.5 Å². The van der Waals surface area contributed by atoms with Crippen LogP contribution in [0.2, 0.25) is 0 Å². The Morgan fingerprint density at radius 2 is 2.03 bits per heavy atom. The van der Waals surface area contributed by atoms with E-state index in [1.54, 1.807) is 11.8 Å². The molecule has 1 N–H and O–H groups in total. The largest absolute Gasteiger partial charge is 0.423 e. The van der Waals surface area contributed by atoms with Gasteiger partial charge >= 0.3 is 12.2 Å². The van der Waals surface area contributed by atoms with Gasteiger partial charge in [-0.1, -0.05) is 6.92 Å². The Hall–Kier alpha value is -4.10. The number of urea groups is 1. The molecule has 2 bridgehead atoms. The van der Waals surface area contributed by atoms with Gasteiger partial charge in [0.05, 0.1) is 23.7 Å². The summed E-state index contributed by atoms with van der Waals surface area (Å²) in [5, 5.41) is 14.7. The van der Waals surface area contributed by atoms with Gasteiger partial charge in [-0.15, -0.1) is 10.2 Å². The molecule has 1 aliphatic carbocycles. The molecule has 0 radical (unpaired) electrons. The molecular weight excluding hydrogens is 479 g/mol. The van der Waals surface area contributed by atoms with Crippen LogP contribution in [0.5, 0.6) is 0 Å². The van der Waals surface area contributed by atoms with E-state index in [1.165, 1.54) is 23.2 Å². The lowest BCUT2D eigenvalue weighted by molar-refractivity contribution is -0.137. The summed E-state index contributed by atoms with van der Waals surface area (Å²) in [5.74, 6) is 1.06. The molecule has 36 heavy (non-hydrogen) atoms. The summed E-state index contributed by atoms with van der Waals surface area (Å²) in [6.45, 7) is 3.78. The minimum Gasteiger partial charge on any atom is -0.423 e. The molecule has 4 aromatic heterocycles. The van der Waals surface area contributed by atoms with E-state index >= 15 is 0 Å². The molecule has 0 aromatic carbocycles. The fourth-order valence-corrected chi connectivity index (χ4v) is 5.43. The van der Waals surface area contributed by atoms with Gasteiger partial charge in [0.2, 0.25) is 11.8 Å². The van der Waals surface area contributed by atoms with Gasteiger partial charge in [-0.2, -0.15) is 18.3 Å². The average Bonchev–Trinajstić information content (AvgIpc) is 3.46. The molecule has 0 unspecified atom stereocenters. The van der Waals surface area contributed by atoms with Crippen molar-refractivity contribution in [2.45, 2.75) is 50.9 Å². The zero-order valence-corrected chi connectivity index (χ0v) is 19.2. The quantitative estimate of drug-likeness (QED) is 0.451. The first-order valence-corrected chi connectivity index (χ1v) is 11.3. The maximum Gasteiger partial charge on any atom is 0.418 e. The van der Waals surface area contributed by atoms with Crippen molar-refractivity contribution in [2.75, 3.05) is 5.32 Å². The third kappa shape index (κ3) is 3.46. The lowest BCUT2D eigenvalue weighted by Crippen LogP contribution is -2.70. The van der Waals surface area contributed by atoms with Gasteiger partial charge in [-0.3, -0.25) is 10.3 Å². The van der Waals surface area contributed by atoms with E-state index in [0.29, 0.717) is 42.4 Å². The van der Waals surface area contributed by atoms with E-state index in [1.807, 2.05) is 0 Å². The maximum absolute atomic E-state index is 13.8. The number of carbonyl (C=O) groups excluding carboxylic acids is 1. The van der Waals surface area contributed by atoms with Crippen LogP contribution in [-0.4, -0.2) is 51.7 Å². The summed E-state index contributed by atoms with van der Waals surface area (Å²) in [6, 6.07) is 0.617. The van der Waals surface area contributed by atoms with Crippen LogP contribution < -0.4 is 5.32 Å². The number of carbonyl (C=O) groups is 1. The third-order valence-electron chi connectivity index (χ3n) is 6.79. The number of aryl methyl sites for hydroxylation is 1. The molecule has 11 nitrogen and oxygen atoms in total. The Bertz CT molecular complexity index is 1480. The van der Waals surface area contributed by atoms with E-state index in [2.05, 4.69) is 42.5 Å². The Labute approximate surface area is 201 Å². The van der Waals surface area contributed by atoms with Crippen molar-refractivity contribution in [3.8, 4) is 11.3 Å². The van der Waals surface area contributed by atoms with Crippen molar-refractivity contribution in [1.29, 1.82) is 0 Å². The highest BCUT2D eigenvalue weighted by Crippen LogP contribution is 2.55. The summed E-state index contributed by atoms with van der Waals surface area (Å²) in [7, 11) is 0. The fraction of sp³-hybridized carbons (Fsp3) is 0.409. The topological polar surface area (TPSA) is 127 Å². The highest BCUT2D eigenvalue weighted by molar-refractivity contribution is 5.91. The number of likely N-dealkylation sites (tertiary alicyclic amines) is 1. The number of pyridine rings is 1. The maximum atomic E-state index is 13.8. The van der Waals surface area contributed by atoms with Crippen molar-refractivity contribution < 1.29 is 22.4 Å². The number of alkyl halides is 3. The van der Waals surface area contributed by atoms with E-state index in [0.717, 1.165) is 12.5 Å². The predicted molar refractivity (Wildman–Crippen MR) is 117 cm³/mol. The lowest BCUT2D eigenvalue weighted by Gasteiger charge is -2.61. The average molecular weight is 499 g/mol. The Balaban J connectivity index is 1.34. The van der Waals surface area contributed by atoms with Crippen LogP contribution >= 0.6 is 0 Å². The number of fused-ring (bicyclic) bond motifs is 3. The molecule has 186 valence electrons. The molecule has 5 heterocycles. The Kier molecular flexibility index (Phi) is 4.78. The van der Waals surface area contributed by atoms with Gasteiger partial charge in [-0.25, -0.2) is 19.3 Å². The van der Waals surface area contributed by atoms with Crippen LogP contribution in [0.3, 0.4) is 0 Å². The van der Waals surface area contributed by atoms with Crippen LogP contribution in [0.15, 0.2) is 35.4 Å². The first-order chi connectivity index (χ1) is 17.1. The summed E-state index contributed by atoms with van der Waals surface area (Å²) in [5.41, 5.74) is -1.59. The van der Waals surface area contributed by atoms with Crippen LogP contribution in [0, 0.1) is 12.8 Å². The summed E-state index contributed by atoms with van der Waals surface area (Å²) < 4.78 is 48.4. The molecule has 1 aliphatic heterocycles. The SMILES string of the molecule is Cc1nnc([C@]23C[C@H](C)C[C@H](C2)N3C(=O)Nc2cc(-c3cn4ncnc4cn3)c(C(F)(F)F)cn2)o1. The molecule has 0 spiro atoms. The highest BCUT2D eigenvalue weighted by Gasteiger charge is 2.62. The predicted octanol–water partition coefficient (Wildman–Crippen LogP) is 3.83. The molecule has 1 saturated carbocycles. The van der Waals surface area contributed by atoms with Crippen molar-refractivity contribution >= 4 is 17.5 Å². The number of halogens is 3. The molecular formula is C22H20F3N9O2. The number of nitrogens with zero attached hydrogens (tertiary/aromatic N) is 8. The number of hydrogen-bond acceptors (Lipinski definition) is 8. The molecule has 4 aromatic rings. The second kappa shape index (κ2) is 7.70. The van der Waals surface area contributed by atoms with Gasteiger partial charge in [0.1, 0.15) is 17.7 Å².